The number of carboxylic acid groups (broad SMARTS) is 3. The molecule has 216 valence electrons. The number of carbonyl (C=O) groups excluding carboxylic acids is 1. The summed E-state index contributed by atoms with van der Waals surface area (Å²) in [6.45, 7) is 8.21. The lowest BCUT2D eigenvalue weighted by atomic mass is 10.00. The molecule has 0 saturated carbocycles. The fourth-order valence-electron chi connectivity index (χ4n) is 5.17. The van der Waals surface area contributed by atoms with Crippen LogP contribution in [0.3, 0.4) is 0 Å². The zero-order valence-corrected chi connectivity index (χ0v) is 24.1. The standard InChI is InChI=1S/C30H55NO6/c1-5-6-7-8-9-10-11-12-13-14-15-16-17-18-19-20-21-31(22-25(2)28(32)33,23-26(3)29(34)35)24-27(4)30(36)37/h9-10,25-27H,5-8,11-24H2,1-4H3,(H2-,32,33,34,35,36,37)/b10-9+. The molecule has 0 aromatic heterocycles. The molecule has 0 rings (SSSR count). The van der Waals surface area contributed by atoms with Gasteiger partial charge in [0.05, 0.1) is 26.2 Å². The maximum Gasteiger partial charge on any atom is 0.311 e. The van der Waals surface area contributed by atoms with Crippen LogP contribution in [-0.2, 0) is 14.4 Å². The molecule has 0 aromatic rings. The van der Waals surface area contributed by atoms with Crippen LogP contribution in [-0.4, -0.2) is 58.8 Å². The number of carboxylic acids is 3. The van der Waals surface area contributed by atoms with Gasteiger partial charge in [0.2, 0.25) is 0 Å². The van der Waals surface area contributed by atoms with E-state index in [1.807, 2.05) is 0 Å². The lowest BCUT2D eigenvalue weighted by Crippen LogP contribution is -2.58. The molecule has 7 nitrogen and oxygen atoms in total. The third kappa shape index (κ3) is 18.1. The van der Waals surface area contributed by atoms with Crippen LogP contribution in [0.25, 0.3) is 0 Å². The quantitative estimate of drug-likeness (QED) is 0.0902. The molecule has 0 aliphatic carbocycles. The molecule has 3 unspecified atom stereocenters. The van der Waals surface area contributed by atoms with Crippen molar-refractivity contribution in [3.05, 3.63) is 12.2 Å². The van der Waals surface area contributed by atoms with E-state index in [2.05, 4.69) is 19.1 Å². The summed E-state index contributed by atoms with van der Waals surface area (Å²) in [4.78, 5) is 34.6. The smallest absolute Gasteiger partial charge is 0.311 e. The summed E-state index contributed by atoms with van der Waals surface area (Å²) in [5.74, 6) is -5.24. The van der Waals surface area contributed by atoms with Gasteiger partial charge in [0.1, 0.15) is 11.8 Å². The highest BCUT2D eigenvalue weighted by atomic mass is 16.4. The maximum atomic E-state index is 11.6. The van der Waals surface area contributed by atoms with Gasteiger partial charge in [-0.2, -0.15) is 0 Å². The number of aliphatic carboxylic acids is 3. The van der Waals surface area contributed by atoms with Crippen molar-refractivity contribution < 1.29 is 34.2 Å². The number of hydrogen-bond donors (Lipinski definition) is 2. The van der Waals surface area contributed by atoms with Gasteiger partial charge in [0.25, 0.3) is 0 Å². The lowest BCUT2D eigenvalue weighted by molar-refractivity contribution is -0.934. The molecule has 2 N–H and O–H groups in total. The van der Waals surface area contributed by atoms with E-state index in [4.69, 9.17) is 0 Å². The summed E-state index contributed by atoms with van der Waals surface area (Å²) < 4.78 is 0.184. The summed E-state index contributed by atoms with van der Waals surface area (Å²) in [5.41, 5.74) is 0. The zero-order valence-electron chi connectivity index (χ0n) is 24.1. The Hall–Kier alpha value is -1.89. The molecular weight excluding hydrogens is 470 g/mol. The van der Waals surface area contributed by atoms with E-state index in [1.165, 1.54) is 64.2 Å². The topological polar surface area (TPSA) is 115 Å². The van der Waals surface area contributed by atoms with Crippen molar-refractivity contribution in [2.45, 2.75) is 118 Å². The molecule has 37 heavy (non-hydrogen) atoms. The zero-order chi connectivity index (χ0) is 28.1. The summed E-state index contributed by atoms with van der Waals surface area (Å²) in [6, 6.07) is 0. The van der Waals surface area contributed by atoms with E-state index in [0.717, 1.165) is 25.7 Å². The number of carbonyl (C=O) groups is 3. The first-order valence-electron chi connectivity index (χ1n) is 14.7. The molecule has 0 aromatic carbocycles. The molecule has 0 radical (unpaired) electrons. The van der Waals surface area contributed by atoms with Crippen LogP contribution in [0.15, 0.2) is 12.2 Å². The number of hydrogen-bond acceptors (Lipinski definition) is 4. The second-order valence-electron chi connectivity index (χ2n) is 11.2. The van der Waals surface area contributed by atoms with Gasteiger partial charge in [-0.15, -0.1) is 0 Å². The molecule has 3 atom stereocenters. The summed E-state index contributed by atoms with van der Waals surface area (Å²) in [5, 5.41) is 30.5. The van der Waals surface area contributed by atoms with Gasteiger partial charge in [-0.1, -0.05) is 77.4 Å². The molecule has 7 heteroatoms. The Balaban J connectivity index is 4.51. The van der Waals surface area contributed by atoms with Crippen molar-refractivity contribution in [1.82, 2.24) is 0 Å². The summed E-state index contributed by atoms with van der Waals surface area (Å²) >= 11 is 0. The SMILES string of the molecule is CCCCC/C=C/CCCCCCCCCCC[N+](CC(C)C(=O)[O-])(CC(C)C(=O)O)CC(C)C(=O)O. The van der Waals surface area contributed by atoms with Crippen molar-refractivity contribution in [2.24, 2.45) is 17.8 Å². The first-order chi connectivity index (χ1) is 17.5. The Labute approximate surface area is 225 Å². The fourth-order valence-corrected chi connectivity index (χ4v) is 5.17. The van der Waals surface area contributed by atoms with Gasteiger partial charge in [-0.25, -0.2) is 0 Å². The Bertz CT molecular complexity index is 607. The molecule has 0 bridgehead atoms. The van der Waals surface area contributed by atoms with Crippen LogP contribution in [0.4, 0.5) is 0 Å². The van der Waals surface area contributed by atoms with Gasteiger partial charge >= 0.3 is 11.9 Å². The van der Waals surface area contributed by atoms with Crippen LogP contribution < -0.4 is 5.11 Å². The normalized spacial score (nSPS) is 15.8. The van der Waals surface area contributed by atoms with Crippen molar-refractivity contribution in [1.29, 1.82) is 0 Å². The minimum absolute atomic E-state index is 0.184. The highest BCUT2D eigenvalue weighted by molar-refractivity contribution is 5.70. The number of allylic oxidation sites excluding steroid dienone is 2. The van der Waals surface area contributed by atoms with Crippen molar-refractivity contribution in [2.75, 3.05) is 26.2 Å². The fraction of sp³-hybridized carbons (Fsp3) is 0.833. The van der Waals surface area contributed by atoms with Gasteiger partial charge in [-0.05, 0) is 52.4 Å². The molecule has 0 fully saturated rings. The number of nitrogens with zero attached hydrogens (tertiary/aromatic N) is 1. The van der Waals surface area contributed by atoms with Crippen LogP contribution in [0.1, 0.15) is 118 Å². The minimum Gasteiger partial charge on any atom is -0.550 e. The summed E-state index contributed by atoms with van der Waals surface area (Å²) in [6.07, 6.45) is 21.2. The first kappa shape index (κ1) is 35.1. The van der Waals surface area contributed by atoms with Crippen LogP contribution in [0.5, 0.6) is 0 Å². The predicted octanol–water partition coefficient (Wildman–Crippen LogP) is 5.67. The monoisotopic (exact) mass is 525 g/mol. The molecule has 0 spiro atoms. The van der Waals surface area contributed by atoms with Crippen molar-refractivity contribution in [3.63, 3.8) is 0 Å². The van der Waals surface area contributed by atoms with E-state index >= 15 is 0 Å². The van der Waals surface area contributed by atoms with Gasteiger partial charge in [0.15, 0.2) is 0 Å². The molecule has 0 heterocycles. The highest BCUT2D eigenvalue weighted by Gasteiger charge is 2.36. The van der Waals surface area contributed by atoms with Crippen LogP contribution in [0.2, 0.25) is 0 Å². The average Bonchev–Trinajstić information content (AvgIpc) is 2.83. The van der Waals surface area contributed by atoms with E-state index < -0.39 is 35.7 Å². The first-order valence-corrected chi connectivity index (χ1v) is 14.7. The second kappa shape index (κ2) is 21.1. The average molecular weight is 526 g/mol. The van der Waals surface area contributed by atoms with Crippen LogP contribution >= 0.6 is 0 Å². The molecular formula is C30H55NO6. The van der Waals surface area contributed by atoms with Gasteiger partial charge in [-0.3, -0.25) is 9.59 Å². The summed E-state index contributed by atoms with van der Waals surface area (Å²) in [7, 11) is 0. The maximum absolute atomic E-state index is 11.6. The minimum atomic E-state index is -1.18. The van der Waals surface area contributed by atoms with Crippen molar-refractivity contribution >= 4 is 17.9 Å². The van der Waals surface area contributed by atoms with Crippen molar-refractivity contribution in [3.8, 4) is 0 Å². The van der Waals surface area contributed by atoms with E-state index in [-0.39, 0.29) is 24.1 Å². The number of rotatable bonds is 25. The number of unbranched alkanes of at least 4 members (excludes halogenated alkanes) is 12. The van der Waals surface area contributed by atoms with E-state index in [0.29, 0.717) is 6.54 Å². The van der Waals surface area contributed by atoms with E-state index in [9.17, 15) is 29.7 Å². The molecule has 0 amide bonds. The largest absolute Gasteiger partial charge is 0.550 e. The Morgan fingerprint density at radius 2 is 1.03 bits per heavy atom. The Kier molecular flexibility index (Phi) is 20.0. The van der Waals surface area contributed by atoms with Gasteiger partial charge < -0.3 is 24.6 Å². The Morgan fingerprint density at radius 1 is 0.649 bits per heavy atom. The highest BCUT2D eigenvalue weighted by Crippen LogP contribution is 2.22. The molecule has 0 saturated heterocycles. The second-order valence-corrected chi connectivity index (χ2v) is 11.2. The predicted molar refractivity (Wildman–Crippen MR) is 147 cm³/mol. The van der Waals surface area contributed by atoms with Gasteiger partial charge in [0, 0.05) is 11.9 Å². The van der Waals surface area contributed by atoms with Crippen LogP contribution in [0, 0.1) is 17.8 Å². The third-order valence-electron chi connectivity index (χ3n) is 7.37. The molecule has 0 aliphatic heterocycles. The molecule has 0 aliphatic rings. The number of quaternary nitrogens is 1. The lowest BCUT2D eigenvalue weighted by Gasteiger charge is -2.43. The van der Waals surface area contributed by atoms with E-state index in [1.54, 1.807) is 20.8 Å². The third-order valence-corrected chi connectivity index (χ3v) is 7.37. The Morgan fingerprint density at radius 3 is 1.43 bits per heavy atom.